The van der Waals surface area contributed by atoms with Crippen molar-refractivity contribution in [3.63, 3.8) is 0 Å². The normalized spacial score (nSPS) is 18.1. The van der Waals surface area contributed by atoms with Crippen molar-refractivity contribution >= 4 is 31.5 Å². The molecule has 1 saturated heterocycles. The van der Waals surface area contributed by atoms with Gasteiger partial charge in [0.15, 0.2) is 9.84 Å². The summed E-state index contributed by atoms with van der Waals surface area (Å²) >= 11 is 0. The van der Waals surface area contributed by atoms with E-state index in [1.54, 1.807) is 24.3 Å². The van der Waals surface area contributed by atoms with Crippen LogP contribution in [0.2, 0.25) is 0 Å². The van der Waals surface area contributed by atoms with Crippen molar-refractivity contribution in [2.24, 2.45) is 0 Å². The van der Waals surface area contributed by atoms with Gasteiger partial charge in [-0.15, -0.1) is 0 Å². The number of hydrogen-bond acceptors (Lipinski definition) is 5. The monoisotopic (exact) mass is 422 g/mol. The van der Waals surface area contributed by atoms with Crippen molar-refractivity contribution in [3.05, 3.63) is 54.1 Å². The maximum absolute atomic E-state index is 12.9. The van der Waals surface area contributed by atoms with Crippen molar-refractivity contribution in [1.29, 1.82) is 0 Å². The molecule has 1 aliphatic heterocycles. The number of nitrogens with one attached hydrogen (secondary N) is 1. The van der Waals surface area contributed by atoms with Gasteiger partial charge in [-0.3, -0.25) is 4.79 Å². The highest BCUT2D eigenvalue weighted by atomic mass is 32.2. The fourth-order valence-corrected chi connectivity index (χ4v) is 5.43. The number of amides is 1. The van der Waals surface area contributed by atoms with Gasteiger partial charge in [-0.1, -0.05) is 17.7 Å². The molecule has 0 spiro atoms. The lowest BCUT2D eigenvalue weighted by Gasteiger charge is -2.23. The van der Waals surface area contributed by atoms with Crippen LogP contribution in [0.1, 0.15) is 18.4 Å². The molecule has 1 atom stereocenters. The van der Waals surface area contributed by atoms with Gasteiger partial charge in [0.05, 0.1) is 9.79 Å². The van der Waals surface area contributed by atoms with Crippen molar-refractivity contribution in [1.82, 2.24) is 4.31 Å². The first-order valence-corrected chi connectivity index (χ1v) is 12.1. The number of sulfonamides is 1. The highest BCUT2D eigenvalue weighted by Crippen LogP contribution is 2.27. The number of sulfone groups is 1. The summed E-state index contributed by atoms with van der Waals surface area (Å²) in [6, 6.07) is 11.5. The van der Waals surface area contributed by atoms with E-state index in [0.717, 1.165) is 11.8 Å². The van der Waals surface area contributed by atoms with Crippen molar-refractivity contribution < 1.29 is 21.6 Å². The SMILES string of the molecule is Cc1ccc(S(=O)(=O)N2CCCC2C(=O)Nc2ccc(S(C)(=O)=O)cc2)cc1. The van der Waals surface area contributed by atoms with Gasteiger partial charge in [-0.2, -0.15) is 4.31 Å². The fraction of sp³-hybridized carbons (Fsp3) is 0.316. The molecule has 3 rings (SSSR count). The molecule has 1 aliphatic rings. The third-order valence-corrected chi connectivity index (χ3v) is 7.73. The van der Waals surface area contributed by atoms with Crippen LogP contribution in [0, 0.1) is 6.92 Å². The largest absolute Gasteiger partial charge is 0.325 e. The van der Waals surface area contributed by atoms with Gasteiger partial charge in [0, 0.05) is 18.5 Å². The van der Waals surface area contributed by atoms with Crippen molar-refractivity contribution in [2.45, 2.75) is 35.6 Å². The van der Waals surface area contributed by atoms with E-state index < -0.39 is 31.8 Å². The first-order chi connectivity index (χ1) is 13.1. The second-order valence-electron chi connectivity index (χ2n) is 6.87. The number of carbonyl (C=O) groups is 1. The average Bonchev–Trinajstić information content (AvgIpc) is 3.12. The quantitative estimate of drug-likeness (QED) is 0.796. The lowest BCUT2D eigenvalue weighted by atomic mass is 10.2. The van der Waals surface area contributed by atoms with Crippen LogP contribution in [0.25, 0.3) is 0 Å². The van der Waals surface area contributed by atoms with E-state index in [-0.39, 0.29) is 16.3 Å². The highest BCUT2D eigenvalue weighted by molar-refractivity contribution is 7.90. The first kappa shape index (κ1) is 20.5. The van der Waals surface area contributed by atoms with Crippen molar-refractivity contribution in [2.75, 3.05) is 18.1 Å². The van der Waals surface area contributed by atoms with Crippen LogP contribution in [0.15, 0.2) is 58.3 Å². The Kier molecular flexibility index (Phi) is 5.60. The molecule has 1 heterocycles. The van der Waals surface area contributed by atoms with E-state index in [9.17, 15) is 21.6 Å². The number of rotatable bonds is 5. The van der Waals surface area contributed by atoms with Crippen LogP contribution >= 0.6 is 0 Å². The maximum Gasteiger partial charge on any atom is 0.243 e. The molecule has 1 N–H and O–H groups in total. The van der Waals surface area contributed by atoms with E-state index in [1.165, 1.54) is 28.6 Å². The molecule has 0 radical (unpaired) electrons. The zero-order chi connectivity index (χ0) is 20.5. The Morgan fingerprint density at radius 1 is 0.964 bits per heavy atom. The first-order valence-electron chi connectivity index (χ1n) is 8.78. The maximum atomic E-state index is 12.9. The minimum atomic E-state index is -3.77. The van der Waals surface area contributed by atoms with E-state index in [2.05, 4.69) is 5.32 Å². The van der Waals surface area contributed by atoms with Crippen LogP contribution in [0.3, 0.4) is 0 Å². The van der Waals surface area contributed by atoms with Crippen LogP contribution < -0.4 is 5.32 Å². The molecule has 2 aromatic rings. The molecule has 1 unspecified atom stereocenters. The smallest absolute Gasteiger partial charge is 0.243 e. The van der Waals surface area contributed by atoms with E-state index >= 15 is 0 Å². The Hall–Kier alpha value is -2.23. The van der Waals surface area contributed by atoms with E-state index in [1.807, 2.05) is 6.92 Å². The lowest BCUT2D eigenvalue weighted by molar-refractivity contribution is -0.119. The molecule has 7 nitrogen and oxygen atoms in total. The van der Waals surface area contributed by atoms with Crippen molar-refractivity contribution in [3.8, 4) is 0 Å². The van der Waals surface area contributed by atoms with Gasteiger partial charge in [0.1, 0.15) is 6.04 Å². The van der Waals surface area contributed by atoms with Gasteiger partial charge in [0.25, 0.3) is 0 Å². The zero-order valence-corrected chi connectivity index (χ0v) is 17.3. The van der Waals surface area contributed by atoms with Gasteiger partial charge in [-0.05, 0) is 56.2 Å². The van der Waals surface area contributed by atoms with Crippen LogP contribution in [-0.4, -0.2) is 45.9 Å². The predicted molar refractivity (Wildman–Crippen MR) is 106 cm³/mol. The molecule has 0 aliphatic carbocycles. The zero-order valence-electron chi connectivity index (χ0n) is 15.6. The van der Waals surface area contributed by atoms with Crippen LogP contribution in [0.5, 0.6) is 0 Å². The minimum Gasteiger partial charge on any atom is -0.325 e. The molecule has 9 heteroatoms. The van der Waals surface area contributed by atoms with Gasteiger partial charge in [-0.25, -0.2) is 16.8 Å². The molecule has 28 heavy (non-hydrogen) atoms. The molecule has 1 amide bonds. The van der Waals surface area contributed by atoms with Crippen LogP contribution in [0.4, 0.5) is 5.69 Å². The lowest BCUT2D eigenvalue weighted by Crippen LogP contribution is -2.43. The number of carbonyl (C=O) groups excluding carboxylic acids is 1. The summed E-state index contributed by atoms with van der Waals surface area (Å²) in [5.74, 6) is -0.430. The second-order valence-corrected chi connectivity index (χ2v) is 10.8. The predicted octanol–water partition coefficient (Wildman–Crippen LogP) is 2.19. The van der Waals surface area contributed by atoms with Gasteiger partial charge < -0.3 is 5.32 Å². The molecule has 150 valence electrons. The summed E-state index contributed by atoms with van der Waals surface area (Å²) in [5.41, 5.74) is 1.36. The molecule has 1 fully saturated rings. The van der Waals surface area contributed by atoms with E-state index in [4.69, 9.17) is 0 Å². The Labute approximate surface area is 165 Å². The number of anilines is 1. The minimum absolute atomic E-state index is 0.148. The van der Waals surface area contributed by atoms with E-state index in [0.29, 0.717) is 18.5 Å². The summed E-state index contributed by atoms with van der Waals surface area (Å²) in [6.07, 6.45) is 2.13. The Morgan fingerprint density at radius 2 is 1.54 bits per heavy atom. The van der Waals surface area contributed by atoms with Crippen LogP contribution in [-0.2, 0) is 24.7 Å². The third kappa shape index (κ3) is 4.26. The number of aryl methyl sites for hydroxylation is 1. The molecular weight excluding hydrogens is 400 g/mol. The molecular formula is C19H22N2O5S2. The topological polar surface area (TPSA) is 101 Å². The highest BCUT2D eigenvalue weighted by Gasteiger charge is 2.39. The molecule has 0 bridgehead atoms. The number of hydrogen-bond donors (Lipinski definition) is 1. The summed E-state index contributed by atoms with van der Waals surface area (Å²) in [4.78, 5) is 13.0. The summed E-state index contributed by atoms with van der Waals surface area (Å²) in [5, 5.41) is 2.69. The summed E-state index contributed by atoms with van der Waals surface area (Å²) < 4.78 is 50.2. The second kappa shape index (κ2) is 7.65. The summed E-state index contributed by atoms with van der Waals surface area (Å²) in [7, 11) is -7.10. The molecule has 0 aromatic heterocycles. The summed E-state index contributed by atoms with van der Waals surface area (Å²) in [6.45, 7) is 2.15. The third-order valence-electron chi connectivity index (χ3n) is 4.68. The molecule has 2 aromatic carbocycles. The standard InChI is InChI=1S/C19H22N2O5S2/c1-14-5-9-17(10-6-14)28(25,26)21-13-3-4-18(21)19(22)20-15-7-11-16(12-8-15)27(2,23)24/h5-12,18H,3-4,13H2,1-2H3,(H,20,22). The number of benzene rings is 2. The Balaban J connectivity index is 1.78. The van der Waals surface area contributed by atoms with Gasteiger partial charge in [0.2, 0.25) is 15.9 Å². The van der Waals surface area contributed by atoms with Gasteiger partial charge >= 0.3 is 0 Å². The Morgan fingerprint density at radius 3 is 2.11 bits per heavy atom. The average molecular weight is 423 g/mol. The molecule has 0 saturated carbocycles. The Bertz CT molecular complexity index is 1080. The number of nitrogens with zero attached hydrogens (tertiary/aromatic N) is 1. The fourth-order valence-electron chi connectivity index (χ4n) is 3.15.